The van der Waals surface area contributed by atoms with Gasteiger partial charge in [0.25, 0.3) is 26.0 Å². The number of pyridine rings is 1. The van der Waals surface area contributed by atoms with E-state index in [4.69, 9.17) is 28.5 Å². The standard InChI is InChI=1S/C66H84N14O15S2/c1-66(2,94-47-70-52-17-9-19-56(42-52)97(88,89)77-54-21-23-58(60(44-54)91-4)73-75-65(85)63(83)69-26-12-29-79-33-37-93-38-34-79)80-30-10-16-51(45-80)61(81)67-24-5-6-27-71-95-46-50-15-7-13-48(40-50)39-49-14-8-18-55(41-49)96(86,87)76-53-20-22-57(59(43-53)90-3)72-74-64(84)62(82)68-25-11-28-78-31-35-92-36-32-78/h7-10,13-23,30,40-45,47,71H,5-6,11-12,24-29,31-39,46H2,1-4H3,(H8-,67,68,69,72,73,74,75,76,77,81,82,83,84,85)/p+2. The predicted molar refractivity (Wildman–Crippen MR) is 361 cm³/mol. The maximum Gasteiger partial charge on any atom is 0.333 e. The molecule has 6 aromatic rings. The van der Waals surface area contributed by atoms with Crippen molar-refractivity contribution < 1.29 is 78.9 Å². The molecule has 2 aliphatic heterocycles. The van der Waals surface area contributed by atoms with Crippen LogP contribution in [0.2, 0.25) is 0 Å². The molecule has 29 nitrogen and oxygen atoms in total. The van der Waals surface area contributed by atoms with Crippen molar-refractivity contribution in [3.63, 3.8) is 0 Å². The number of aromatic nitrogens is 1. The molecule has 0 atom stereocenters. The predicted octanol–water partition coefficient (Wildman–Crippen LogP) is 2.13. The van der Waals surface area contributed by atoms with Gasteiger partial charge in [0.15, 0.2) is 12.4 Å². The van der Waals surface area contributed by atoms with E-state index in [1.807, 2.05) is 30.3 Å². The molecular weight excluding hydrogens is 1290 g/mol. The average Bonchev–Trinajstić information content (AvgIpc) is 0.904. The van der Waals surface area contributed by atoms with Crippen molar-refractivity contribution in [2.45, 2.75) is 68.1 Å². The number of unbranched alkanes of at least 4 members (excludes halogenated alkanes) is 1. The fraction of sp³-hybridized carbons (Fsp3) is 0.379. The second-order valence-corrected chi connectivity index (χ2v) is 26.3. The third-order valence-electron chi connectivity index (χ3n) is 15.4. The summed E-state index contributed by atoms with van der Waals surface area (Å²) in [5, 5.41) is 8.16. The van der Waals surface area contributed by atoms with E-state index in [1.165, 1.54) is 75.2 Å². The van der Waals surface area contributed by atoms with Crippen molar-refractivity contribution in [1.82, 2.24) is 42.1 Å². The Morgan fingerprint density at radius 1 is 0.577 bits per heavy atom. The molecule has 0 saturated carbocycles. The number of hydroxylamine groups is 1. The van der Waals surface area contributed by atoms with Gasteiger partial charge < -0.3 is 39.6 Å². The van der Waals surface area contributed by atoms with Gasteiger partial charge in [-0.15, -0.1) is 0 Å². The maximum absolute atomic E-state index is 13.6. The monoisotopic (exact) mass is 1380 g/mol. The highest BCUT2D eigenvalue weighted by Crippen LogP contribution is 2.31. The van der Waals surface area contributed by atoms with Crippen molar-refractivity contribution in [2.24, 2.45) is 0 Å². The lowest BCUT2D eigenvalue weighted by Crippen LogP contribution is -2.65. The first kappa shape index (κ1) is 73.3. The van der Waals surface area contributed by atoms with Crippen LogP contribution in [0.15, 0.2) is 144 Å². The first-order valence-electron chi connectivity index (χ1n) is 31.7. The number of nitrogens with one attached hydrogen (secondary N) is 11. The Labute approximate surface area is 564 Å². The maximum atomic E-state index is 13.6. The zero-order valence-corrected chi connectivity index (χ0v) is 56.3. The minimum absolute atomic E-state index is 0.0542. The molecule has 5 aromatic carbocycles. The number of sulfonamides is 2. The number of methoxy groups -OCH3 is 2. The number of benzene rings is 5. The Hall–Kier alpha value is -9.47. The molecule has 0 spiro atoms. The number of carbonyl (C=O) groups excluding carboxylic acids is 5. The summed E-state index contributed by atoms with van der Waals surface area (Å²) >= 11 is 0. The van der Waals surface area contributed by atoms with Crippen LogP contribution in [0.3, 0.4) is 0 Å². The Morgan fingerprint density at radius 3 is 1.67 bits per heavy atom. The molecule has 5 amide bonds. The van der Waals surface area contributed by atoms with E-state index in [1.54, 1.807) is 67.2 Å². The highest BCUT2D eigenvalue weighted by Gasteiger charge is 2.31. The molecule has 97 heavy (non-hydrogen) atoms. The summed E-state index contributed by atoms with van der Waals surface area (Å²) in [5.74, 6) is -3.30. The lowest BCUT2D eigenvalue weighted by molar-refractivity contribution is -0.795. The van der Waals surface area contributed by atoms with Crippen LogP contribution in [0.4, 0.5) is 28.4 Å². The van der Waals surface area contributed by atoms with E-state index >= 15 is 0 Å². The molecule has 3 heterocycles. The van der Waals surface area contributed by atoms with Gasteiger partial charge >= 0.3 is 35.8 Å². The minimum Gasteiger partial charge on any atom is -0.494 e. The molecular formula is C66H86N14O15S2+2. The summed E-state index contributed by atoms with van der Waals surface area (Å²) < 4.78 is 88.9. The van der Waals surface area contributed by atoms with Crippen LogP contribution >= 0.6 is 0 Å². The molecule has 2 aliphatic rings. The number of nitrogens with zero attached hydrogens (tertiary/aromatic N) is 3. The molecule has 2 saturated heterocycles. The highest BCUT2D eigenvalue weighted by molar-refractivity contribution is 7.93. The van der Waals surface area contributed by atoms with Gasteiger partial charge in [0, 0.05) is 96.5 Å². The third-order valence-corrected chi connectivity index (χ3v) is 18.1. The first-order valence-corrected chi connectivity index (χ1v) is 34.6. The van der Waals surface area contributed by atoms with Gasteiger partial charge in [-0.05, 0) is 110 Å². The van der Waals surface area contributed by atoms with E-state index in [-0.39, 0.29) is 50.9 Å². The second-order valence-electron chi connectivity index (χ2n) is 23.0. The number of hydrogen-bond acceptors (Lipinski definition) is 20. The van der Waals surface area contributed by atoms with Crippen molar-refractivity contribution in [2.75, 3.05) is 126 Å². The topological polar surface area (TPSA) is 354 Å². The fourth-order valence-electron chi connectivity index (χ4n) is 10.0. The summed E-state index contributed by atoms with van der Waals surface area (Å²) in [4.78, 5) is 76.1. The van der Waals surface area contributed by atoms with Crippen LogP contribution in [0, 0.1) is 0 Å². The number of ether oxygens (including phenoxy) is 5. The molecule has 11 N–H and O–H groups in total. The molecule has 0 radical (unpaired) electrons. The van der Waals surface area contributed by atoms with E-state index in [2.05, 4.69) is 67.4 Å². The van der Waals surface area contributed by atoms with Gasteiger partial charge in [-0.1, -0.05) is 42.5 Å². The Bertz CT molecular complexity index is 3910. The molecule has 2 fully saturated rings. The number of morpholine rings is 2. The zero-order valence-electron chi connectivity index (χ0n) is 54.7. The van der Waals surface area contributed by atoms with Crippen LogP contribution in [0.1, 0.15) is 66.6 Å². The summed E-state index contributed by atoms with van der Waals surface area (Å²) in [6, 6.07) is 32.8. The van der Waals surface area contributed by atoms with Crippen molar-refractivity contribution in [3.05, 3.63) is 156 Å². The van der Waals surface area contributed by atoms with E-state index in [0.29, 0.717) is 102 Å². The van der Waals surface area contributed by atoms with Gasteiger partial charge in [-0.2, -0.15) is 9.56 Å². The molecule has 8 rings (SSSR count). The summed E-state index contributed by atoms with van der Waals surface area (Å²) in [6.45, 7) is 13.1. The van der Waals surface area contributed by atoms with Crippen molar-refractivity contribution in [3.8, 4) is 11.5 Å². The van der Waals surface area contributed by atoms with Crippen molar-refractivity contribution >= 4 is 84.4 Å². The van der Waals surface area contributed by atoms with Crippen LogP contribution in [0.25, 0.3) is 0 Å². The second kappa shape index (κ2) is 36.6. The largest absolute Gasteiger partial charge is 0.494 e. The normalized spacial score (nSPS) is 13.8. The van der Waals surface area contributed by atoms with Gasteiger partial charge in [0.2, 0.25) is 5.69 Å². The Kier molecular flexibility index (Phi) is 27.7. The van der Waals surface area contributed by atoms with Crippen molar-refractivity contribution in [1.29, 1.82) is 0 Å². The van der Waals surface area contributed by atoms with Crippen LogP contribution in [-0.4, -0.2) is 169 Å². The molecule has 0 bridgehead atoms. The van der Waals surface area contributed by atoms with Gasteiger partial charge in [0.05, 0.1) is 79.8 Å². The smallest absolute Gasteiger partial charge is 0.333 e. The SMILES string of the molecule is COc1cc(NS(=O)(=O)c2cccc(Cc3cccc(CONCCCCNC(=O)c4ccc[n+](C(C)(C)OC=[NH+]c5cccc(S(=O)(=O)Nc6ccc(NNC(=O)C(=O)NCCCN7CCOCC7)c(OC)c6)c5)c4)c3)c2)ccc1NNC(=O)C(=O)NCCCN1CCOCC1. The minimum atomic E-state index is -4.12. The van der Waals surface area contributed by atoms with Gasteiger partial charge in [0.1, 0.15) is 17.1 Å². The zero-order chi connectivity index (χ0) is 69.1. The molecule has 520 valence electrons. The molecule has 31 heteroatoms. The number of anilines is 4. The number of rotatable bonds is 35. The van der Waals surface area contributed by atoms with E-state index in [9.17, 15) is 40.8 Å². The Balaban J connectivity index is 0.710. The number of hydrazine groups is 2. The number of hydrogen-bond donors (Lipinski definition) is 11. The van der Waals surface area contributed by atoms with Crippen LogP contribution < -0.4 is 71.6 Å². The van der Waals surface area contributed by atoms with E-state index < -0.39 is 49.4 Å². The lowest BCUT2D eigenvalue weighted by Gasteiger charge is -2.26. The quantitative estimate of drug-likeness (QED) is 0.00678. The van der Waals surface area contributed by atoms with E-state index in [0.717, 1.165) is 56.0 Å². The summed E-state index contributed by atoms with van der Waals surface area (Å²) in [7, 11) is -5.40. The third kappa shape index (κ3) is 23.4. The van der Waals surface area contributed by atoms with Gasteiger partial charge in [-0.25, -0.2) is 22.3 Å². The average molecular weight is 1380 g/mol. The highest BCUT2D eigenvalue weighted by atomic mass is 32.2. The molecule has 0 aliphatic carbocycles. The van der Waals surface area contributed by atoms with Crippen LogP contribution in [-0.2, 0) is 77.0 Å². The molecule has 1 aromatic heterocycles. The molecule has 0 unspecified atom stereocenters. The lowest BCUT2D eigenvalue weighted by atomic mass is 10.0. The summed E-state index contributed by atoms with van der Waals surface area (Å²) in [5.41, 5.74) is 16.4. The van der Waals surface area contributed by atoms with Crippen LogP contribution in [0.5, 0.6) is 11.5 Å². The summed E-state index contributed by atoms with van der Waals surface area (Å²) in [6.07, 6.45) is 7.94. The van der Waals surface area contributed by atoms with Gasteiger partial charge in [-0.3, -0.25) is 69.8 Å². The Morgan fingerprint density at radius 2 is 1.09 bits per heavy atom. The fourth-order valence-corrected chi connectivity index (χ4v) is 12.3. The number of amides is 5. The first-order chi connectivity index (χ1) is 46.8. The number of carbonyl (C=O) groups is 5.